The van der Waals surface area contributed by atoms with Crippen molar-refractivity contribution in [2.24, 2.45) is 5.73 Å². The molecular formula is C26H29N3O3. The zero-order valence-electron chi connectivity index (χ0n) is 19.3. The van der Waals surface area contributed by atoms with E-state index in [1.54, 1.807) is 11.5 Å². The summed E-state index contributed by atoms with van der Waals surface area (Å²) < 4.78 is 1.74. The van der Waals surface area contributed by atoms with Gasteiger partial charge in [0, 0.05) is 35.0 Å². The van der Waals surface area contributed by atoms with Crippen LogP contribution in [-0.2, 0) is 29.9 Å². The standard InChI is InChI=1S/C26H29N3O3/c1-6-26(32)19-9-20-24-18(11-29(20)25(31)16(19)7-8-21(26)30)17(10-27)22-14(4)12(2)13(3)15(5)23(22)28-24/h9,32H,6-8,10-11,27H2,1-5H3/t26-/m0/s1. The average Bonchev–Trinajstić information content (AvgIpc) is 3.16. The molecular weight excluding hydrogens is 402 g/mol. The summed E-state index contributed by atoms with van der Waals surface area (Å²) >= 11 is 0. The molecule has 0 fully saturated rings. The number of hydrogen-bond donors (Lipinski definition) is 2. The van der Waals surface area contributed by atoms with Crippen molar-refractivity contribution in [3.8, 4) is 11.4 Å². The van der Waals surface area contributed by atoms with Crippen LogP contribution in [0.5, 0.6) is 0 Å². The van der Waals surface area contributed by atoms with Crippen molar-refractivity contribution in [1.82, 2.24) is 9.55 Å². The maximum atomic E-state index is 13.5. The molecule has 2 aromatic heterocycles. The molecule has 1 atom stereocenters. The van der Waals surface area contributed by atoms with Crippen LogP contribution in [0.2, 0.25) is 0 Å². The molecule has 0 saturated carbocycles. The summed E-state index contributed by atoms with van der Waals surface area (Å²) in [5, 5.41) is 12.3. The van der Waals surface area contributed by atoms with E-state index in [1.807, 2.05) is 6.07 Å². The number of aromatic nitrogens is 2. The number of carbonyl (C=O) groups excluding carboxylic acids is 1. The summed E-state index contributed by atoms with van der Waals surface area (Å²) in [4.78, 5) is 31.2. The first kappa shape index (κ1) is 21.0. The second-order valence-corrected chi connectivity index (χ2v) is 9.30. The van der Waals surface area contributed by atoms with Crippen molar-refractivity contribution in [3.63, 3.8) is 0 Å². The zero-order chi connectivity index (χ0) is 23.1. The highest BCUT2D eigenvalue weighted by atomic mass is 16.3. The highest BCUT2D eigenvalue weighted by Crippen LogP contribution is 2.42. The van der Waals surface area contributed by atoms with Gasteiger partial charge in [-0.2, -0.15) is 0 Å². The molecule has 6 heteroatoms. The summed E-state index contributed by atoms with van der Waals surface area (Å²) in [5.41, 5.74) is 14.5. The molecule has 0 saturated heterocycles. The number of ketones is 1. The van der Waals surface area contributed by atoms with Crippen LogP contribution in [0.15, 0.2) is 10.9 Å². The van der Waals surface area contributed by atoms with Crippen molar-refractivity contribution >= 4 is 16.7 Å². The summed E-state index contributed by atoms with van der Waals surface area (Å²) in [6, 6.07) is 1.82. The first-order valence-electron chi connectivity index (χ1n) is 11.3. The lowest BCUT2D eigenvalue weighted by Gasteiger charge is -2.32. The molecule has 1 aromatic carbocycles. The lowest BCUT2D eigenvalue weighted by molar-refractivity contribution is -0.140. The highest BCUT2D eigenvalue weighted by molar-refractivity contribution is 5.95. The van der Waals surface area contributed by atoms with Gasteiger partial charge in [-0.1, -0.05) is 6.92 Å². The van der Waals surface area contributed by atoms with E-state index in [1.165, 1.54) is 16.7 Å². The monoisotopic (exact) mass is 431 g/mol. The molecule has 0 spiro atoms. The molecule has 3 aromatic rings. The van der Waals surface area contributed by atoms with E-state index in [4.69, 9.17) is 10.7 Å². The fraction of sp³-hybridized carbons (Fsp3) is 0.423. The van der Waals surface area contributed by atoms with Crippen molar-refractivity contribution in [2.75, 3.05) is 0 Å². The Labute approximate surface area is 187 Å². The number of rotatable bonds is 2. The van der Waals surface area contributed by atoms with Crippen LogP contribution in [-0.4, -0.2) is 20.4 Å². The smallest absolute Gasteiger partial charge is 0.254 e. The summed E-state index contributed by atoms with van der Waals surface area (Å²) in [7, 11) is 0. The molecule has 6 nitrogen and oxygen atoms in total. The van der Waals surface area contributed by atoms with Gasteiger partial charge in [0.05, 0.1) is 23.4 Å². The molecule has 1 aliphatic carbocycles. The Morgan fingerprint density at radius 2 is 1.75 bits per heavy atom. The lowest BCUT2D eigenvalue weighted by atomic mass is 9.77. The second-order valence-electron chi connectivity index (χ2n) is 9.30. The van der Waals surface area contributed by atoms with Gasteiger partial charge in [0.1, 0.15) is 5.60 Å². The number of nitrogens with two attached hydrogens (primary N) is 1. The van der Waals surface area contributed by atoms with Gasteiger partial charge in [0.15, 0.2) is 5.78 Å². The van der Waals surface area contributed by atoms with Crippen molar-refractivity contribution in [3.05, 3.63) is 60.9 Å². The van der Waals surface area contributed by atoms with Crippen molar-refractivity contribution in [2.45, 2.75) is 72.6 Å². The number of Topliss-reactive ketones (excluding diaryl/α,β-unsaturated/α-hetero) is 1. The number of aryl methyl sites for hydroxylation is 2. The van der Waals surface area contributed by atoms with Crippen LogP contribution in [0.1, 0.15) is 64.3 Å². The first-order valence-corrected chi connectivity index (χ1v) is 11.3. The van der Waals surface area contributed by atoms with Gasteiger partial charge in [-0.15, -0.1) is 0 Å². The number of fused-ring (bicyclic) bond motifs is 5. The Balaban J connectivity index is 1.89. The average molecular weight is 432 g/mol. The lowest BCUT2D eigenvalue weighted by Crippen LogP contribution is -2.43. The minimum absolute atomic E-state index is 0.136. The SMILES string of the molecule is CC[C@@]1(O)C(=O)CCc2c1cc1n(c2=O)Cc2c-1nc1c(C)c(C)c(C)c(C)c1c2CN. The van der Waals surface area contributed by atoms with E-state index in [0.717, 1.165) is 33.3 Å². The van der Waals surface area contributed by atoms with Gasteiger partial charge in [-0.3, -0.25) is 9.59 Å². The number of nitrogens with zero attached hydrogens (tertiary/aromatic N) is 2. The van der Waals surface area contributed by atoms with E-state index in [2.05, 4.69) is 27.7 Å². The van der Waals surface area contributed by atoms with Gasteiger partial charge in [-0.05, 0) is 74.4 Å². The summed E-state index contributed by atoms with van der Waals surface area (Å²) in [6.07, 6.45) is 0.790. The quantitative estimate of drug-likeness (QED) is 0.508. The number of aliphatic hydroxyl groups is 1. The number of hydrogen-bond acceptors (Lipinski definition) is 5. The minimum atomic E-state index is -1.61. The van der Waals surface area contributed by atoms with Crippen LogP contribution in [0.4, 0.5) is 0 Å². The van der Waals surface area contributed by atoms with Crippen LogP contribution < -0.4 is 11.3 Å². The van der Waals surface area contributed by atoms with Crippen LogP contribution in [0.25, 0.3) is 22.3 Å². The molecule has 32 heavy (non-hydrogen) atoms. The van der Waals surface area contributed by atoms with Gasteiger partial charge >= 0.3 is 0 Å². The van der Waals surface area contributed by atoms with E-state index in [9.17, 15) is 14.7 Å². The molecule has 0 unspecified atom stereocenters. The Hall–Kier alpha value is -2.83. The number of carbonyl (C=O) groups is 1. The van der Waals surface area contributed by atoms with Crippen LogP contribution in [0.3, 0.4) is 0 Å². The molecule has 0 amide bonds. The summed E-state index contributed by atoms with van der Waals surface area (Å²) in [5.74, 6) is -0.221. The van der Waals surface area contributed by atoms with E-state index < -0.39 is 5.60 Å². The fourth-order valence-electron chi connectivity index (χ4n) is 5.68. The summed E-state index contributed by atoms with van der Waals surface area (Å²) in [6.45, 7) is 11.0. The maximum absolute atomic E-state index is 13.5. The molecule has 0 bridgehead atoms. The Kier molecular flexibility index (Phi) is 4.49. The minimum Gasteiger partial charge on any atom is -0.377 e. The molecule has 2 aliphatic rings. The van der Waals surface area contributed by atoms with E-state index in [-0.39, 0.29) is 24.2 Å². The van der Waals surface area contributed by atoms with Gasteiger partial charge in [-0.25, -0.2) is 4.98 Å². The molecule has 166 valence electrons. The maximum Gasteiger partial charge on any atom is 0.254 e. The third-order valence-corrected chi connectivity index (χ3v) is 8.01. The number of benzene rings is 1. The topological polar surface area (TPSA) is 98.2 Å². The third kappa shape index (κ3) is 2.45. The largest absolute Gasteiger partial charge is 0.377 e. The van der Waals surface area contributed by atoms with Crippen LogP contribution in [0, 0.1) is 27.7 Å². The van der Waals surface area contributed by atoms with Gasteiger partial charge in [0.25, 0.3) is 5.56 Å². The predicted molar refractivity (Wildman–Crippen MR) is 125 cm³/mol. The normalized spacial score (nSPS) is 19.3. The van der Waals surface area contributed by atoms with E-state index in [0.29, 0.717) is 36.3 Å². The van der Waals surface area contributed by atoms with Crippen molar-refractivity contribution < 1.29 is 9.90 Å². The first-order chi connectivity index (χ1) is 15.2. The Morgan fingerprint density at radius 1 is 1.06 bits per heavy atom. The fourth-order valence-corrected chi connectivity index (χ4v) is 5.68. The van der Waals surface area contributed by atoms with Gasteiger partial charge in [0.2, 0.25) is 0 Å². The Bertz CT molecular complexity index is 1420. The van der Waals surface area contributed by atoms with E-state index >= 15 is 0 Å². The highest BCUT2D eigenvalue weighted by Gasteiger charge is 2.43. The molecule has 3 N–H and O–H groups in total. The molecule has 5 rings (SSSR count). The third-order valence-electron chi connectivity index (χ3n) is 8.01. The Morgan fingerprint density at radius 3 is 2.41 bits per heavy atom. The van der Waals surface area contributed by atoms with Crippen molar-refractivity contribution in [1.29, 1.82) is 0 Å². The predicted octanol–water partition coefficient (Wildman–Crippen LogP) is 3.23. The molecule has 1 aliphatic heterocycles. The van der Waals surface area contributed by atoms with Crippen LogP contribution >= 0.6 is 0 Å². The molecule has 0 radical (unpaired) electrons. The van der Waals surface area contributed by atoms with Gasteiger partial charge < -0.3 is 15.4 Å². The molecule has 3 heterocycles. The second kappa shape index (κ2) is 6.83. The zero-order valence-corrected chi connectivity index (χ0v) is 19.3. The number of pyridine rings is 2.